The van der Waals surface area contributed by atoms with E-state index in [-0.39, 0.29) is 0 Å². The SMILES string of the molecule is CCNCc1ccc(C)cc1-c1ccc(OC)cc1. The number of benzene rings is 2. The van der Waals surface area contributed by atoms with Gasteiger partial charge in [0.1, 0.15) is 5.75 Å². The molecule has 0 saturated carbocycles. The van der Waals surface area contributed by atoms with Gasteiger partial charge >= 0.3 is 0 Å². The molecular weight excluding hydrogens is 234 g/mol. The Labute approximate surface area is 115 Å². The van der Waals surface area contributed by atoms with Crippen LogP contribution in [0.15, 0.2) is 42.5 Å². The van der Waals surface area contributed by atoms with Gasteiger partial charge in [-0.1, -0.05) is 42.8 Å². The fourth-order valence-corrected chi connectivity index (χ4v) is 2.14. The Morgan fingerprint density at radius 1 is 1.05 bits per heavy atom. The van der Waals surface area contributed by atoms with Crippen LogP contribution in [0.2, 0.25) is 0 Å². The average molecular weight is 255 g/mol. The zero-order valence-corrected chi connectivity index (χ0v) is 11.9. The molecule has 0 aromatic heterocycles. The first kappa shape index (κ1) is 13.6. The summed E-state index contributed by atoms with van der Waals surface area (Å²) in [6.07, 6.45) is 0. The van der Waals surface area contributed by atoms with Crippen LogP contribution in [0.4, 0.5) is 0 Å². The van der Waals surface area contributed by atoms with E-state index in [4.69, 9.17) is 4.74 Å². The van der Waals surface area contributed by atoms with Crippen molar-refractivity contribution in [3.8, 4) is 16.9 Å². The monoisotopic (exact) mass is 255 g/mol. The van der Waals surface area contributed by atoms with Crippen LogP contribution < -0.4 is 10.1 Å². The standard InChI is InChI=1S/C17H21NO/c1-4-18-12-15-6-5-13(2)11-17(15)14-7-9-16(19-3)10-8-14/h5-11,18H,4,12H2,1-3H3. The minimum Gasteiger partial charge on any atom is -0.497 e. The zero-order chi connectivity index (χ0) is 13.7. The average Bonchev–Trinajstić information content (AvgIpc) is 2.46. The smallest absolute Gasteiger partial charge is 0.118 e. The lowest BCUT2D eigenvalue weighted by molar-refractivity contribution is 0.415. The Bertz CT molecular complexity index is 531. The van der Waals surface area contributed by atoms with Gasteiger partial charge in [-0.2, -0.15) is 0 Å². The Balaban J connectivity index is 2.37. The van der Waals surface area contributed by atoms with Gasteiger partial charge in [0.25, 0.3) is 0 Å². The minimum absolute atomic E-state index is 0.893. The van der Waals surface area contributed by atoms with Crippen molar-refractivity contribution in [2.45, 2.75) is 20.4 Å². The summed E-state index contributed by atoms with van der Waals surface area (Å²) in [6.45, 7) is 6.14. The molecule has 100 valence electrons. The number of ether oxygens (including phenoxy) is 1. The van der Waals surface area contributed by atoms with Gasteiger partial charge in [0, 0.05) is 6.54 Å². The maximum Gasteiger partial charge on any atom is 0.118 e. The van der Waals surface area contributed by atoms with Crippen LogP contribution in [0.25, 0.3) is 11.1 Å². The van der Waals surface area contributed by atoms with Crippen LogP contribution in [-0.2, 0) is 6.54 Å². The summed E-state index contributed by atoms with van der Waals surface area (Å²) in [4.78, 5) is 0. The molecule has 0 heterocycles. The molecule has 2 aromatic carbocycles. The normalized spacial score (nSPS) is 10.5. The van der Waals surface area contributed by atoms with Gasteiger partial charge in [-0.3, -0.25) is 0 Å². The van der Waals surface area contributed by atoms with Gasteiger partial charge in [-0.15, -0.1) is 0 Å². The van der Waals surface area contributed by atoms with E-state index in [2.05, 4.69) is 49.5 Å². The number of hydrogen-bond acceptors (Lipinski definition) is 2. The Morgan fingerprint density at radius 3 is 2.42 bits per heavy atom. The highest BCUT2D eigenvalue weighted by atomic mass is 16.5. The fraction of sp³-hybridized carbons (Fsp3) is 0.294. The van der Waals surface area contributed by atoms with Gasteiger partial charge < -0.3 is 10.1 Å². The first-order chi connectivity index (χ1) is 9.24. The predicted octanol–water partition coefficient (Wildman–Crippen LogP) is 3.78. The van der Waals surface area contributed by atoms with Gasteiger partial charge in [0.05, 0.1) is 7.11 Å². The highest BCUT2D eigenvalue weighted by Crippen LogP contribution is 2.26. The van der Waals surface area contributed by atoms with Crippen LogP contribution in [0.1, 0.15) is 18.1 Å². The van der Waals surface area contributed by atoms with Crippen LogP contribution in [0.5, 0.6) is 5.75 Å². The number of rotatable bonds is 5. The van der Waals surface area contributed by atoms with Crippen molar-refractivity contribution in [1.82, 2.24) is 5.32 Å². The highest BCUT2D eigenvalue weighted by molar-refractivity contribution is 5.68. The largest absolute Gasteiger partial charge is 0.497 e. The van der Waals surface area contributed by atoms with Crippen LogP contribution >= 0.6 is 0 Å². The summed E-state index contributed by atoms with van der Waals surface area (Å²) < 4.78 is 5.21. The van der Waals surface area contributed by atoms with Crippen LogP contribution in [0, 0.1) is 6.92 Å². The van der Waals surface area contributed by atoms with E-state index in [1.807, 2.05) is 12.1 Å². The van der Waals surface area contributed by atoms with Crippen LogP contribution in [-0.4, -0.2) is 13.7 Å². The number of nitrogens with one attached hydrogen (secondary N) is 1. The van der Waals surface area contributed by atoms with E-state index in [1.165, 1.54) is 22.3 Å². The van der Waals surface area contributed by atoms with Gasteiger partial charge in [-0.05, 0) is 42.3 Å². The molecule has 1 N–H and O–H groups in total. The van der Waals surface area contributed by atoms with Crippen molar-refractivity contribution in [1.29, 1.82) is 0 Å². The number of methoxy groups -OCH3 is 1. The molecule has 0 radical (unpaired) electrons. The van der Waals surface area contributed by atoms with E-state index in [0.29, 0.717) is 0 Å². The molecule has 0 spiro atoms. The van der Waals surface area contributed by atoms with Crippen molar-refractivity contribution in [3.63, 3.8) is 0 Å². The zero-order valence-electron chi connectivity index (χ0n) is 11.9. The van der Waals surface area contributed by atoms with Crippen molar-refractivity contribution < 1.29 is 4.74 Å². The second-order valence-corrected chi connectivity index (χ2v) is 4.67. The molecule has 2 rings (SSSR count). The summed E-state index contributed by atoms with van der Waals surface area (Å²) in [5.74, 6) is 0.893. The van der Waals surface area contributed by atoms with Crippen LogP contribution in [0.3, 0.4) is 0 Å². The maximum atomic E-state index is 5.21. The number of hydrogen-bond donors (Lipinski definition) is 1. The van der Waals surface area contributed by atoms with E-state index in [1.54, 1.807) is 7.11 Å². The highest BCUT2D eigenvalue weighted by Gasteiger charge is 2.05. The summed E-state index contributed by atoms with van der Waals surface area (Å²) in [6, 6.07) is 14.9. The Kier molecular flexibility index (Phi) is 4.58. The lowest BCUT2D eigenvalue weighted by Crippen LogP contribution is -2.12. The van der Waals surface area contributed by atoms with Gasteiger partial charge in [0.15, 0.2) is 0 Å². The summed E-state index contributed by atoms with van der Waals surface area (Å²) in [5, 5.41) is 3.39. The molecule has 2 heteroatoms. The summed E-state index contributed by atoms with van der Waals surface area (Å²) in [7, 11) is 1.69. The van der Waals surface area contributed by atoms with Crippen molar-refractivity contribution in [2.24, 2.45) is 0 Å². The number of aryl methyl sites for hydroxylation is 1. The molecule has 19 heavy (non-hydrogen) atoms. The Hall–Kier alpha value is -1.80. The quantitative estimate of drug-likeness (QED) is 0.878. The minimum atomic E-state index is 0.893. The van der Waals surface area contributed by atoms with E-state index in [0.717, 1.165) is 18.8 Å². The lowest BCUT2D eigenvalue weighted by Gasteiger charge is -2.12. The van der Waals surface area contributed by atoms with Crippen molar-refractivity contribution in [2.75, 3.05) is 13.7 Å². The second-order valence-electron chi connectivity index (χ2n) is 4.67. The van der Waals surface area contributed by atoms with Gasteiger partial charge in [-0.25, -0.2) is 0 Å². The maximum absolute atomic E-state index is 5.21. The third-order valence-electron chi connectivity index (χ3n) is 3.23. The third kappa shape index (κ3) is 3.36. The predicted molar refractivity (Wildman–Crippen MR) is 80.5 cm³/mol. The van der Waals surface area contributed by atoms with E-state index < -0.39 is 0 Å². The second kappa shape index (κ2) is 6.39. The Morgan fingerprint density at radius 2 is 1.79 bits per heavy atom. The molecule has 0 fully saturated rings. The molecule has 0 atom stereocenters. The topological polar surface area (TPSA) is 21.3 Å². The first-order valence-electron chi connectivity index (χ1n) is 6.69. The molecule has 0 saturated heterocycles. The molecule has 0 bridgehead atoms. The van der Waals surface area contributed by atoms with Crippen molar-refractivity contribution in [3.05, 3.63) is 53.6 Å². The molecular formula is C17H21NO. The van der Waals surface area contributed by atoms with E-state index in [9.17, 15) is 0 Å². The summed E-state index contributed by atoms with van der Waals surface area (Å²) >= 11 is 0. The fourth-order valence-electron chi connectivity index (χ4n) is 2.14. The molecule has 0 unspecified atom stereocenters. The first-order valence-corrected chi connectivity index (χ1v) is 6.69. The van der Waals surface area contributed by atoms with E-state index >= 15 is 0 Å². The van der Waals surface area contributed by atoms with Crippen molar-refractivity contribution >= 4 is 0 Å². The molecule has 0 aliphatic rings. The molecule has 0 aliphatic heterocycles. The van der Waals surface area contributed by atoms with Gasteiger partial charge in [0.2, 0.25) is 0 Å². The molecule has 0 aliphatic carbocycles. The molecule has 0 amide bonds. The molecule has 2 aromatic rings. The third-order valence-corrected chi connectivity index (χ3v) is 3.23. The molecule has 2 nitrogen and oxygen atoms in total. The lowest BCUT2D eigenvalue weighted by atomic mass is 9.97. The summed E-state index contributed by atoms with van der Waals surface area (Å²) in [5.41, 5.74) is 5.14.